The van der Waals surface area contributed by atoms with Crippen LogP contribution >= 0.6 is 0 Å². The fourth-order valence-corrected chi connectivity index (χ4v) is 8.48. The summed E-state index contributed by atoms with van der Waals surface area (Å²) in [6.07, 6.45) is 14.5. The molecule has 0 amide bonds. The average molecular weight is 401 g/mol. The Labute approximate surface area is 181 Å². The van der Waals surface area contributed by atoms with E-state index in [0.717, 1.165) is 48.3 Å². The van der Waals surface area contributed by atoms with Crippen LogP contribution in [0.5, 0.6) is 0 Å². The average Bonchev–Trinajstić information content (AvgIpc) is 3.03. The number of allylic oxidation sites excluding steroid dienone is 2. The monoisotopic (exact) mass is 400 g/mol. The quantitative estimate of drug-likeness (QED) is 0.467. The van der Waals surface area contributed by atoms with Gasteiger partial charge >= 0.3 is 0 Å². The second-order valence-corrected chi connectivity index (χ2v) is 12.6. The first kappa shape index (κ1) is 21.9. The Bertz CT molecular complexity index is 632. The van der Waals surface area contributed by atoms with Gasteiger partial charge in [0.25, 0.3) is 0 Å². The molecule has 2 unspecified atom stereocenters. The SMILES string of the molecule is CC(C)[C@@H](C)CC[C@@H](C)[C@H]1CCC2=C3CCC4CC(O)CC[C@]4(C)[C@H]3CC[C@@]21C. The molecule has 0 saturated heterocycles. The van der Waals surface area contributed by atoms with Gasteiger partial charge in [-0.2, -0.15) is 0 Å². The van der Waals surface area contributed by atoms with Crippen LogP contribution in [0.25, 0.3) is 0 Å². The van der Waals surface area contributed by atoms with Crippen LogP contribution in [-0.2, 0) is 0 Å². The molecule has 8 atom stereocenters. The molecule has 0 aromatic carbocycles. The number of hydrogen-bond donors (Lipinski definition) is 1. The van der Waals surface area contributed by atoms with Crippen LogP contribution in [0, 0.1) is 46.3 Å². The summed E-state index contributed by atoms with van der Waals surface area (Å²) in [4.78, 5) is 0. The van der Waals surface area contributed by atoms with E-state index in [9.17, 15) is 5.11 Å². The summed E-state index contributed by atoms with van der Waals surface area (Å²) in [5.41, 5.74) is 4.80. The Balaban J connectivity index is 1.53. The molecule has 0 aliphatic heterocycles. The third-order valence-corrected chi connectivity index (χ3v) is 10.9. The van der Waals surface area contributed by atoms with E-state index in [1.165, 1.54) is 57.8 Å². The zero-order chi connectivity index (χ0) is 21.0. The van der Waals surface area contributed by atoms with Gasteiger partial charge in [0.1, 0.15) is 0 Å². The molecule has 166 valence electrons. The van der Waals surface area contributed by atoms with Gasteiger partial charge in [-0.25, -0.2) is 0 Å². The van der Waals surface area contributed by atoms with E-state index < -0.39 is 0 Å². The lowest BCUT2D eigenvalue weighted by Crippen LogP contribution is -2.48. The number of aliphatic hydroxyl groups excluding tert-OH is 1. The molecule has 4 rings (SSSR count). The molecule has 3 saturated carbocycles. The lowest BCUT2D eigenvalue weighted by atomic mass is 9.49. The fraction of sp³-hybridized carbons (Fsp3) is 0.929. The van der Waals surface area contributed by atoms with Gasteiger partial charge < -0.3 is 5.11 Å². The van der Waals surface area contributed by atoms with Crippen LogP contribution in [0.4, 0.5) is 0 Å². The van der Waals surface area contributed by atoms with E-state index in [1.807, 2.05) is 11.1 Å². The van der Waals surface area contributed by atoms with Gasteiger partial charge in [-0.1, -0.05) is 65.5 Å². The molecule has 1 nitrogen and oxygen atoms in total. The molecule has 4 aliphatic carbocycles. The molecule has 29 heavy (non-hydrogen) atoms. The Morgan fingerprint density at radius 1 is 0.931 bits per heavy atom. The largest absolute Gasteiger partial charge is 0.393 e. The van der Waals surface area contributed by atoms with E-state index in [2.05, 4.69) is 41.5 Å². The maximum Gasteiger partial charge on any atom is 0.0543 e. The summed E-state index contributed by atoms with van der Waals surface area (Å²) in [5, 5.41) is 10.3. The zero-order valence-corrected chi connectivity index (χ0v) is 20.3. The Hall–Kier alpha value is -0.300. The topological polar surface area (TPSA) is 20.2 Å². The maximum absolute atomic E-state index is 10.3. The minimum absolute atomic E-state index is 0.0268. The number of aliphatic hydroxyl groups is 1. The molecule has 3 fully saturated rings. The summed E-state index contributed by atoms with van der Waals surface area (Å²) in [6, 6.07) is 0. The van der Waals surface area contributed by atoms with Crippen molar-refractivity contribution in [2.24, 2.45) is 46.3 Å². The predicted octanol–water partition coefficient (Wildman–Crippen LogP) is 7.78. The second kappa shape index (κ2) is 7.99. The van der Waals surface area contributed by atoms with Crippen LogP contribution in [0.3, 0.4) is 0 Å². The van der Waals surface area contributed by atoms with Crippen molar-refractivity contribution >= 4 is 0 Å². The molecule has 0 radical (unpaired) electrons. The van der Waals surface area contributed by atoms with Crippen molar-refractivity contribution in [1.29, 1.82) is 0 Å². The van der Waals surface area contributed by atoms with Gasteiger partial charge in [0.15, 0.2) is 0 Å². The number of rotatable bonds is 5. The molecule has 4 aliphatic rings. The minimum Gasteiger partial charge on any atom is -0.393 e. The van der Waals surface area contributed by atoms with Crippen molar-refractivity contribution in [3.05, 3.63) is 11.1 Å². The van der Waals surface area contributed by atoms with Gasteiger partial charge in [-0.05, 0) is 104 Å². The zero-order valence-electron chi connectivity index (χ0n) is 20.3. The van der Waals surface area contributed by atoms with Crippen LogP contribution in [-0.4, -0.2) is 11.2 Å². The first-order valence-corrected chi connectivity index (χ1v) is 13.1. The summed E-state index contributed by atoms with van der Waals surface area (Å²) < 4.78 is 0. The molecule has 1 N–H and O–H groups in total. The molecule has 0 spiro atoms. The normalized spacial score (nSPS) is 44.3. The van der Waals surface area contributed by atoms with Crippen LogP contribution < -0.4 is 0 Å². The van der Waals surface area contributed by atoms with Crippen molar-refractivity contribution in [1.82, 2.24) is 0 Å². The summed E-state index contributed by atoms with van der Waals surface area (Å²) in [7, 11) is 0. The van der Waals surface area contributed by atoms with Gasteiger partial charge in [0, 0.05) is 0 Å². The van der Waals surface area contributed by atoms with Gasteiger partial charge in [-0.3, -0.25) is 0 Å². The van der Waals surface area contributed by atoms with Gasteiger partial charge in [-0.15, -0.1) is 0 Å². The molecule has 0 aromatic heterocycles. The van der Waals surface area contributed by atoms with Gasteiger partial charge in [0.2, 0.25) is 0 Å². The lowest BCUT2D eigenvalue weighted by Gasteiger charge is -2.56. The summed E-state index contributed by atoms with van der Waals surface area (Å²) in [5.74, 6) is 5.04. The van der Waals surface area contributed by atoms with Crippen molar-refractivity contribution < 1.29 is 5.11 Å². The van der Waals surface area contributed by atoms with Crippen molar-refractivity contribution in [3.8, 4) is 0 Å². The van der Waals surface area contributed by atoms with Gasteiger partial charge in [0.05, 0.1) is 6.10 Å². The lowest BCUT2D eigenvalue weighted by molar-refractivity contribution is -0.0381. The summed E-state index contributed by atoms with van der Waals surface area (Å²) in [6.45, 7) is 15.0. The number of fused-ring (bicyclic) bond motifs is 4. The fourth-order valence-electron chi connectivity index (χ4n) is 8.48. The third kappa shape index (κ3) is 3.66. The molecule has 0 aromatic rings. The molecule has 0 heterocycles. The van der Waals surface area contributed by atoms with Crippen molar-refractivity contribution in [3.63, 3.8) is 0 Å². The maximum atomic E-state index is 10.3. The highest BCUT2D eigenvalue weighted by molar-refractivity contribution is 5.34. The van der Waals surface area contributed by atoms with Crippen LogP contribution in [0.1, 0.15) is 112 Å². The van der Waals surface area contributed by atoms with E-state index in [-0.39, 0.29) is 6.10 Å². The highest BCUT2D eigenvalue weighted by Gasteiger charge is 2.55. The molecular formula is C28H48O. The Kier molecular flexibility index (Phi) is 6.04. The van der Waals surface area contributed by atoms with E-state index in [1.54, 1.807) is 0 Å². The molecular weight excluding hydrogens is 352 g/mol. The van der Waals surface area contributed by atoms with Crippen molar-refractivity contribution in [2.45, 2.75) is 118 Å². The van der Waals surface area contributed by atoms with Crippen LogP contribution in [0.15, 0.2) is 11.1 Å². The Morgan fingerprint density at radius 2 is 1.69 bits per heavy atom. The number of hydrogen-bond acceptors (Lipinski definition) is 1. The Morgan fingerprint density at radius 3 is 2.41 bits per heavy atom. The predicted molar refractivity (Wildman–Crippen MR) is 124 cm³/mol. The summed E-state index contributed by atoms with van der Waals surface area (Å²) >= 11 is 0. The molecule has 1 heteroatoms. The molecule has 0 bridgehead atoms. The van der Waals surface area contributed by atoms with E-state index in [4.69, 9.17) is 0 Å². The first-order valence-electron chi connectivity index (χ1n) is 13.1. The van der Waals surface area contributed by atoms with Crippen LogP contribution in [0.2, 0.25) is 0 Å². The smallest absolute Gasteiger partial charge is 0.0543 e. The highest BCUT2D eigenvalue weighted by Crippen LogP contribution is 2.65. The van der Waals surface area contributed by atoms with E-state index in [0.29, 0.717) is 10.8 Å². The first-order chi connectivity index (χ1) is 13.7. The standard InChI is InChI=1S/C28H48O/c1-18(2)19(3)7-8-20(4)24-11-12-25-23-10-9-21-17-22(29)13-15-27(21,5)26(23)14-16-28(24,25)6/h18-22,24,26,29H,7-17H2,1-6H3/t19-,20+,21?,22?,24+,26-,27-,28+/m0/s1. The highest BCUT2D eigenvalue weighted by atomic mass is 16.3. The minimum atomic E-state index is -0.0268. The van der Waals surface area contributed by atoms with Crippen molar-refractivity contribution in [2.75, 3.05) is 0 Å². The second-order valence-electron chi connectivity index (χ2n) is 12.6. The third-order valence-electron chi connectivity index (χ3n) is 10.9. The van der Waals surface area contributed by atoms with E-state index >= 15 is 0 Å².